The summed E-state index contributed by atoms with van der Waals surface area (Å²) >= 11 is 0. The first-order valence-electron chi connectivity index (χ1n) is 8.40. The van der Waals surface area contributed by atoms with Crippen LogP contribution < -0.4 is 16.5 Å². The van der Waals surface area contributed by atoms with Gasteiger partial charge in [-0.3, -0.25) is 14.8 Å². The predicted octanol–water partition coefficient (Wildman–Crippen LogP) is -0.963. The Morgan fingerprint density at radius 1 is 1.21 bits per heavy atom. The molecule has 1 heterocycles. The van der Waals surface area contributed by atoms with Gasteiger partial charge in [0.25, 0.3) is 11.8 Å². The predicted molar refractivity (Wildman–Crippen MR) is 98.6 cm³/mol. The fraction of sp³-hybridized carbons (Fsp3) is 0.316. The summed E-state index contributed by atoms with van der Waals surface area (Å²) in [5.74, 6) is 9.77. The highest BCUT2D eigenvalue weighted by Gasteiger charge is 2.27. The first-order valence-corrected chi connectivity index (χ1v) is 8.40. The highest BCUT2D eigenvalue weighted by Crippen LogP contribution is 2.13. The van der Waals surface area contributed by atoms with E-state index in [9.17, 15) is 19.5 Å². The molecule has 0 bridgehead atoms. The monoisotopic (exact) mass is 384 g/mol. The molecule has 9 nitrogen and oxygen atoms in total. The SMILES string of the molecule is C[C@@H](O)[C@H](NC(=O)c1ccc(C#CC#CC2CN(C(N)=O)C2)cc1)C(=O)NO. The number of hydroxylamine groups is 1. The summed E-state index contributed by atoms with van der Waals surface area (Å²) in [5, 5.41) is 20.5. The Bertz CT molecular complexity index is 868. The van der Waals surface area contributed by atoms with Crippen LogP contribution >= 0.6 is 0 Å². The van der Waals surface area contributed by atoms with Crippen molar-refractivity contribution in [3.8, 4) is 23.7 Å². The fourth-order valence-electron chi connectivity index (χ4n) is 2.40. The van der Waals surface area contributed by atoms with Gasteiger partial charge in [0.2, 0.25) is 0 Å². The van der Waals surface area contributed by atoms with Crippen molar-refractivity contribution in [2.24, 2.45) is 11.7 Å². The summed E-state index contributed by atoms with van der Waals surface area (Å²) in [6.07, 6.45) is -1.19. The average Bonchev–Trinajstić information content (AvgIpc) is 2.63. The van der Waals surface area contributed by atoms with Crippen molar-refractivity contribution in [3.05, 3.63) is 35.4 Å². The number of rotatable bonds is 4. The van der Waals surface area contributed by atoms with Gasteiger partial charge >= 0.3 is 6.03 Å². The molecule has 2 rings (SSSR count). The van der Waals surface area contributed by atoms with Crippen LogP contribution in [0.15, 0.2) is 24.3 Å². The maximum absolute atomic E-state index is 12.2. The van der Waals surface area contributed by atoms with Crippen molar-refractivity contribution < 1.29 is 24.7 Å². The Balaban J connectivity index is 1.92. The minimum absolute atomic E-state index is 0.0749. The number of nitrogens with zero attached hydrogens (tertiary/aromatic N) is 1. The number of nitrogens with one attached hydrogen (secondary N) is 2. The van der Waals surface area contributed by atoms with Gasteiger partial charge < -0.3 is 21.1 Å². The maximum Gasteiger partial charge on any atom is 0.314 e. The van der Waals surface area contributed by atoms with Crippen LogP contribution in [-0.2, 0) is 4.79 Å². The van der Waals surface area contributed by atoms with E-state index in [1.807, 2.05) is 0 Å². The fourth-order valence-corrected chi connectivity index (χ4v) is 2.40. The van der Waals surface area contributed by atoms with Crippen LogP contribution in [0.5, 0.6) is 0 Å². The minimum atomic E-state index is -1.29. The Morgan fingerprint density at radius 3 is 2.39 bits per heavy atom. The molecule has 0 unspecified atom stereocenters. The van der Waals surface area contributed by atoms with E-state index < -0.39 is 30.0 Å². The van der Waals surface area contributed by atoms with Crippen molar-refractivity contribution in [2.45, 2.75) is 19.1 Å². The second kappa shape index (κ2) is 9.42. The second-order valence-electron chi connectivity index (χ2n) is 6.20. The second-order valence-corrected chi connectivity index (χ2v) is 6.20. The van der Waals surface area contributed by atoms with E-state index in [2.05, 4.69) is 29.0 Å². The Morgan fingerprint density at radius 2 is 1.86 bits per heavy atom. The molecule has 0 aromatic heterocycles. The highest BCUT2D eigenvalue weighted by molar-refractivity contribution is 5.97. The van der Waals surface area contributed by atoms with Crippen LogP contribution in [0.3, 0.4) is 0 Å². The quantitative estimate of drug-likeness (QED) is 0.258. The molecule has 9 heteroatoms. The molecule has 1 fully saturated rings. The number of benzene rings is 1. The first-order chi connectivity index (χ1) is 13.3. The van der Waals surface area contributed by atoms with E-state index in [-0.39, 0.29) is 11.5 Å². The largest absolute Gasteiger partial charge is 0.391 e. The molecule has 1 aromatic rings. The Labute approximate surface area is 161 Å². The molecular weight excluding hydrogens is 364 g/mol. The van der Waals surface area contributed by atoms with Gasteiger partial charge in [0.1, 0.15) is 6.04 Å². The van der Waals surface area contributed by atoms with Gasteiger partial charge in [-0.2, -0.15) is 0 Å². The van der Waals surface area contributed by atoms with Crippen molar-refractivity contribution in [1.82, 2.24) is 15.7 Å². The van der Waals surface area contributed by atoms with Gasteiger partial charge in [0.15, 0.2) is 0 Å². The number of nitrogens with two attached hydrogens (primary N) is 1. The first kappa shape index (κ1) is 20.8. The van der Waals surface area contributed by atoms with E-state index in [4.69, 9.17) is 10.9 Å². The molecule has 146 valence electrons. The minimum Gasteiger partial charge on any atom is -0.391 e. The number of hydrogen-bond donors (Lipinski definition) is 5. The molecule has 0 spiro atoms. The van der Waals surface area contributed by atoms with Gasteiger partial charge in [-0.25, -0.2) is 10.3 Å². The molecule has 1 aliphatic rings. The lowest BCUT2D eigenvalue weighted by Crippen LogP contribution is -2.51. The third-order valence-corrected chi connectivity index (χ3v) is 4.05. The van der Waals surface area contributed by atoms with E-state index in [1.165, 1.54) is 29.4 Å². The van der Waals surface area contributed by atoms with Crippen molar-refractivity contribution in [3.63, 3.8) is 0 Å². The lowest BCUT2D eigenvalue weighted by molar-refractivity contribution is -0.133. The number of carbonyl (C=O) groups excluding carboxylic acids is 3. The Kier molecular flexibility index (Phi) is 6.99. The molecule has 0 aliphatic carbocycles. The summed E-state index contributed by atoms with van der Waals surface area (Å²) in [4.78, 5) is 36.0. The number of hydrogen-bond acceptors (Lipinski definition) is 5. The standard InChI is InChI=1S/C19H20N4O5/c1-12(24)16(18(26)22-28)21-17(25)15-8-6-13(7-9-15)4-2-3-5-14-10-23(11-14)19(20)27/h6-9,12,14,16,24,28H,10-11H2,1H3,(H2,20,27)(H,21,25)(H,22,26)/t12-,16+/m1/s1. The van der Waals surface area contributed by atoms with Gasteiger partial charge in [-0.15, -0.1) is 0 Å². The molecule has 1 saturated heterocycles. The number of aliphatic hydroxyl groups is 1. The normalized spacial score (nSPS) is 14.9. The molecular formula is C19H20N4O5. The van der Waals surface area contributed by atoms with Crippen LogP contribution in [0.25, 0.3) is 0 Å². The third kappa shape index (κ3) is 5.48. The zero-order valence-corrected chi connectivity index (χ0v) is 15.1. The lowest BCUT2D eigenvalue weighted by atomic mass is 10.0. The van der Waals surface area contributed by atoms with E-state index >= 15 is 0 Å². The average molecular weight is 384 g/mol. The van der Waals surface area contributed by atoms with Gasteiger partial charge in [0.05, 0.1) is 12.0 Å². The number of amides is 4. The number of urea groups is 1. The van der Waals surface area contributed by atoms with E-state index in [0.717, 1.165) is 0 Å². The summed E-state index contributed by atoms with van der Waals surface area (Å²) in [7, 11) is 0. The van der Waals surface area contributed by atoms with Gasteiger partial charge in [0, 0.05) is 24.2 Å². The molecule has 6 N–H and O–H groups in total. The number of primary amides is 1. The van der Waals surface area contributed by atoms with Gasteiger partial charge in [-0.05, 0) is 43.0 Å². The number of carbonyl (C=O) groups is 3. The summed E-state index contributed by atoms with van der Waals surface area (Å²) in [6, 6.07) is 4.52. The van der Waals surface area contributed by atoms with Crippen molar-refractivity contribution >= 4 is 17.8 Å². The molecule has 4 amide bonds. The Hall–Kier alpha value is -3.53. The van der Waals surface area contributed by atoms with Crippen LogP contribution in [0.4, 0.5) is 4.79 Å². The van der Waals surface area contributed by atoms with Gasteiger partial charge in [-0.1, -0.05) is 11.8 Å². The summed E-state index contributed by atoms with van der Waals surface area (Å²) in [5.41, 5.74) is 7.42. The smallest absolute Gasteiger partial charge is 0.314 e. The summed E-state index contributed by atoms with van der Waals surface area (Å²) in [6.45, 7) is 2.33. The van der Waals surface area contributed by atoms with E-state index in [0.29, 0.717) is 18.7 Å². The highest BCUT2D eigenvalue weighted by atomic mass is 16.5. The van der Waals surface area contributed by atoms with Crippen molar-refractivity contribution in [1.29, 1.82) is 0 Å². The molecule has 1 aliphatic heterocycles. The topological polar surface area (TPSA) is 145 Å². The van der Waals surface area contributed by atoms with Crippen molar-refractivity contribution in [2.75, 3.05) is 13.1 Å². The molecule has 0 saturated carbocycles. The summed E-state index contributed by atoms with van der Waals surface area (Å²) < 4.78 is 0. The third-order valence-electron chi connectivity index (χ3n) is 4.05. The number of likely N-dealkylation sites (tertiary alicyclic amines) is 1. The van der Waals surface area contributed by atoms with Crippen LogP contribution in [0.1, 0.15) is 22.8 Å². The van der Waals surface area contributed by atoms with Crippen LogP contribution in [0, 0.1) is 29.6 Å². The van der Waals surface area contributed by atoms with Crippen LogP contribution in [0.2, 0.25) is 0 Å². The lowest BCUT2D eigenvalue weighted by Gasteiger charge is -2.34. The zero-order valence-electron chi connectivity index (χ0n) is 15.1. The van der Waals surface area contributed by atoms with E-state index in [1.54, 1.807) is 12.1 Å². The molecule has 0 radical (unpaired) electrons. The van der Waals surface area contributed by atoms with Crippen LogP contribution in [-0.4, -0.2) is 58.3 Å². The molecule has 1 aromatic carbocycles. The molecule has 2 atom stereocenters. The maximum atomic E-state index is 12.2. The molecule has 28 heavy (non-hydrogen) atoms. The zero-order chi connectivity index (χ0) is 20.7. The number of aliphatic hydroxyl groups excluding tert-OH is 1.